The SMILES string of the molecule is Nc1nc(OCc2cccc(F)c2F)nc(C2CCC3CNNC3C2)n1. The minimum atomic E-state index is -0.937. The third-order valence-corrected chi connectivity index (χ3v) is 5.05. The molecule has 0 spiro atoms. The lowest BCUT2D eigenvalue weighted by atomic mass is 9.79. The molecule has 1 aliphatic heterocycles. The van der Waals surface area contributed by atoms with Crippen molar-refractivity contribution in [3.05, 3.63) is 41.2 Å². The van der Waals surface area contributed by atoms with Crippen molar-refractivity contribution in [2.45, 2.75) is 37.8 Å². The molecule has 3 unspecified atom stereocenters. The van der Waals surface area contributed by atoms with Gasteiger partial charge in [0.2, 0.25) is 5.95 Å². The van der Waals surface area contributed by atoms with Crippen molar-refractivity contribution >= 4 is 5.95 Å². The smallest absolute Gasteiger partial charge is 0.321 e. The molecule has 7 nitrogen and oxygen atoms in total. The Bertz CT molecular complexity index is 805. The molecule has 1 aromatic heterocycles. The van der Waals surface area contributed by atoms with Crippen LogP contribution in [0.3, 0.4) is 0 Å². The maximum absolute atomic E-state index is 13.7. The summed E-state index contributed by atoms with van der Waals surface area (Å²) in [5.74, 6) is -0.438. The fourth-order valence-electron chi connectivity index (χ4n) is 3.65. The van der Waals surface area contributed by atoms with Gasteiger partial charge in [0.1, 0.15) is 12.4 Å². The molecule has 138 valence electrons. The monoisotopic (exact) mass is 362 g/mol. The van der Waals surface area contributed by atoms with Crippen LogP contribution in [0.1, 0.15) is 36.6 Å². The van der Waals surface area contributed by atoms with Gasteiger partial charge in [0.25, 0.3) is 0 Å². The van der Waals surface area contributed by atoms with Crippen molar-refractivity contribution in [3.8, 4) is 6.01 Å². The van der Waals surface area contributed by atoms with Crippen LogP contribution in [0.15, 0.2) is 18.2 Å². The summed E-state index contributed by atoms with van der Waals surface area (Å²) in [6.07, 6.45) is 2.94. The van der Waals surface area contributed by atoms with E-state index in [1.165, 1.54) is 12.1 Å². The first-order valence-electron chi connectivity index (χ1n) is 8.65. The van der Waals surface area contributed by atoms with Gasteiger partial charge in [-0.15, -0.1) is 0 Å². The van der Waals surface area contributed by atoms with E-state index in [0.717, 1.165) is 31.9 Å². The Balaban J connectivity index is 1.48. The Labute approximate surface area is 149 Å². The molecule has 0 bridgehead atoms. The predicted octanol–water partition coefficient (Wildman–Crippen LogP) is 1.67. The van der Waals surface area contributed by atoms with Crippen molar-refractivity contribution in [2.24, 2.45) is 5.92 Å². The molecule has 4 N–H and O–H groups in total. The van der Waals surface area contributed by atoms with Crippen LogP contribution in [0.25, 0.3) is 0 Å². The van der Waals surface area contributed by atoms with E-state index >= 15 is 0 Å². The molecule has 0 amide bonds. The molecule has 1 saturated heterocycles. The molecule has 2 fully saturated rings. The number of rotatable bonds is 4. The van der Waals surface area contributed by atoms with Gasteiger partial charge in [0, 0.05) is 24.1 Å². The standard InChI is InChI=1S/C17H20F2N6O/c18-12-3-1-2-11(14(12)19)8-26-17-23-15(22-16(20)24-17)9-4-5-10-7-21-25-13(10)6-9/h1-3,9-10,13,21,25H,4-8H2,(H2,20,22,23,24). The van der Waals surface area contributed by atoms with E-state index in [9.17, 15) is 8.78 Å². The van der Waals surface area contributed by atoms with Gasteiger partial charge < -0.3 is 10.5 Å². The highest BCUT2D eigenvalue weighted by Gasteiger charge is 2.35. The van der Waals surface area contributed by atoms with E-state index in [-0.39, 0.29) is 30.0 Å². The summed E-state index contributed by atoms with van der Waals surface area (Å²) in [5, 5.41) is 0. The first-order valence-corrected chi connectivity index (χ1v) is 8.65. The number of anilines is 1. The number of nitrogens with two attached hydrogens (primary N) is 1. The number of halogens is 2. The lowest BCUT2D eigenvalue weighted by Gasteiger charge is -2.29. The van der Waals surface area contributed by atoms with Crippen LogP contribution in [0.4, 0.5) is 14.7 Å². The van der Waals surface area contributed by atoms with Crippen LogP contribution in [-0.4, -0.2) is 27.5 Å². The zero-order valence-electron chi connectivity index (χ0n) is 14.1. The van der Waals surface area contributed by atoms with Gasteiger partial charge in [-0.2, -0.15) is 15.0 Å². The number of hydrogen-bond acceptors (Lipinski definition) is 7. The highest BCUT2D eigenvalue weighted by Crippen LogP contribution is 2.36. The highest BCUT2D eigenvalue weighted by molar-refractivity contribution is 5.22. The lowest BCUT2D eigenvalue weighted by molar-refractivity contribution is 0.264. The second-order valence-corrected chi connectivity index (χ2v) is 6.74. The first-order chi connectivity index (χ1) is 12.6. The van der Waals surface area contributed by atoms with Gasteiger partial charge >= 0.3 is 6.01 Å². The van der Waals surface area contributed by atoms with Crippen molar-refractivity contribution in [3.63, 3.8) is 0 Å². The van der Waals surface area contributed by atoms with Crippen molar-refractivity contribution in [1.29, 1.82) is 0 Å². The molecule has 0 radical (unpaired) electrons. The van der Waals surface area contributed by atoms with Gasteiger partial charge in [-0.25, -0.2) is 8.78 Å². The molecule has 4 rings (SSSR count). The van der Waals surface area contributed by atoms with Crippen LogP contribution < -0.4 is 21.3 Å². The lowest BCUT2D eigenvalue weighted by Crippen LogP contribution is -2.36. The number of nitrogens with zero attached hydrogens (tertiary/aromatic N) is 3. The van der Waals surface area contributed by atoms with Crippen LogP contribution in [0.5, 0.6) is 6.01 Å². The summed E-state index contributed by atoms with van der Waals surface area (Å²) >= 11 is 0. The molecule has 1 aromatic carbocycles. The zero-order valence-corrected chi connectivity index (χ0v) is 14.1. The minimum absolute atomic E-state index is 0.0239. The molecule has 2 aliphatic rings. The number of fused-ring (bicyclic) bond motifs is 1. The number of ether oxygens (including phenoxy) is 1. The highest BCUT2D eigenvalue weighted by atomic mass is 19.2. The summed E-state index contributed by atoms with van der Waals surface area (Å²) in [4.78, 5) is 12.6. The van der Waals surface area contributed by atoms with E-state index in [4.69, 9.17) is 10.5 Å². The number of aromatic nitrogens is 3. The number of benzene rings is 1. The predicted molar refractivity (Wildman–Crippen MR) is 89.9 cm³/mol. The van der Waals surface area contributed by atoms with Gasteiger partial charge in [-0.05, 0) is 31.2 Å². The largest absolute Gasteiger partial charge is 0.458 e. The maximum atomic E-state index is 13.7. The van der Waals surface area contributed by atoms with Gasteiger partial charge in [0.05, 0.1) is 0 Å². The van der Waals surface area contributed by atoms with Gasteiger partial charge in [-0.1, -0.05) is 12.1 Å². The molecule has 2 aromatic rings. The Kier molecular flexibility index (Phi) is 4.64. The molecule has 2 heterocycles. The topological polar surface area (TPSA) is 98.0 Å². The van der Waals surface area contributed by atoms with E-state index in [2.05, 4.69) is 25.8 Å². The normalized spacial score (nSPS) is 25.1. The average Bonchev–Trinajstić information content (AvgIpc) is 3.10. The second-order valence-electron chi connectivity index (χ2n) is 6.74. The zero-order chi connectivity index (χ0) is 18.1. The number of nitrogen functional groups attached to an aromatic ring is 1. The van der Waals surface area contributed by atoms with Crippen molar-refractivity contribution in [1.82, 2.24) is 25.8 Å². The first kappa shape index (κ1) is 17.0. The van der Waals surface area contributed by atoms with Crippen LogP contribution in [-0.2, 0) is 6.61 Å². The summed E-state index contributed by atoms with van der Waals surface area (Å²) in [6.45, 7) is 0.789. The fourth-order valence-corrected chi connectivity index (χ4v) is 3.65. The molecule has 1 aliphatic carbocycles. The average molecular weight is 362 g/mol. The van der Waals surface area contributed by atoms with Gasteiger partial charge in [0.15, 0.2) is 11.6 Å². The Morgan fingerprint density at radius 3 is 2.96 bits per heavy atom. The number of nitrogens with one attached hydrogen (secondary N) is 2. The summed E-state index contributed by atoms with van der Waals surface area (Å²) < 4.78 is 32.5. The molecule has 1 saturated carbocycles. The second kappa shape index (κ2) is 7.08. The number of hydrazine groups is 1. The Hall–Kier alpha value is -2.39. The Morgan fingerprint density at radius 1 is 1.19 bits per heavy atom. The molecule has 26 heavy (non-hydrogen) atoms. The van der Waals surface area contributed by atoms with Crippen LogP contribution >= 0.6 is 0 Å². The van der Waals surface area contributed by atoms with E-state index in [0.29, 0.717) is 17.8 Å². The number of hydrogen-bond donors (Lipinski definition) is 3. The van der Waals surface area contributed by atoms with Gasteiger partial charge in [-0.3, -0.25) is 10.9 Å². The van der Waals surface area contributed by atoms with Crippen LogP contribution in [0, 0.1) is 17.6 Å². The molecule has 9 heteroatoms. The summed E-state index contributed by atoms with van der Waals surface area (Å²) in [7, 11) is 0. The fraction of sp³-hybridized carbons (Fsp3) is 0.471. The quantitative estimate of drug-likeness (QED) is 0.761. The summed E-state index contributed by atoms with van der Waals surface area (Å²) in [6, 6.07) is 4.34. The summed E-state index contributed by atoms with van der Waals surface area (Å²) in [5.41, 5.74) is 12.4. The third-order valence-electron chi connectivity index (χ3n) is 5.05. The van der Waals surface area contributed by atoms with E-state index < -0.39 is 11.6 Å². The van der Waals surface area contributed by atoms with Crippen LogP contribution in [0.2, 0.25) is 0 Å². The maximum Gasteiger partial charge on any atom is 0.321 e. The van der Waals surface area contributed by atoms with Crippen molar-refractivity contribution < 1.29 is 13.5 Å². The molecular weight excluding hydrogens is 342 g/mol. The minimum Gasteiger partial charge on any atom is -0.458 e. The molecule has 3 atom stereocenters. The van der Waals surface area contributed by atoms with E-state index in [1.807, 2.05) is 0 Å². The third kappa shape index (κ3) is 3.45. The van der Waals surface area contributed by atoms with Crippen molar-refractivity contribution in [2.75, 3.05) is 12.3 Å². The van der Waals surface area contributed by atoms with E-state index in [1.54, 1.807) is 0 Å². The molecular formula is C17H20F2N6O. The Morgan fingerprint density at radius 2 is 2.08 bits per heavy atom.